The van der Waals surface area contributed by atoms with Gasteiger partial charge < -0.3 is 15.0 Å². The number of pyridine rings is 1. The second kappa shape index (κ2) is 5.46. The van der Waals surface area contributed by atoms with Crippen LogP contribution in [-0.4, -0.2) is 40.8 Å². The number of aromatic amines is 1. The zero-order valence-electron chi connectivity index (χ0n) is 10.4. The number of hydrogen-bond donors (Lipinski definition) is 2. The third kappa shape index (κ3) is 2.68. The minimum absolute atomic E-state index is 0.411. The van der Waals surface area contributed by atoms with Gasteiger partial charge in [0.05, 0.1) is 18.2 Å². The fourth-order valence-corrected chi connectivity index (χ4v) is 2.30. The molecule has 0 atom stereocenters. The number of rotatable bonds is 4. The molecule has 3 rings (SSSR count). The Balaban J connectivity index is 1.53. The van der Waals surface area contributed by atoms with Crippen molar-refractivity contribution >= 4 is 11.2 Å². The van der Waals surface area contributed by atoms with Gasteiger partial charge in [-0.1, -0.05) is 0 Å². The van der Waals surface area contributed by atoms with Crippen LogP contribution in [0, 0.1) is 0 Å². The molecule has 0 bridgehead atoms. The molecule has 0 amide bonds. The highest BCUT2D eigenvalue weighted by Crippen LogP contribution is 2.10. The van der Waals surface area contributed by atoms with E-state index >= 15 is 0 Å². The monoisotopic (exact) mass is 246 g/mol. The quantitative estimate of drug-likeness (QED) is 0.852. The van der Waals surface area contributed by atoms with Crippen LogP contribution in [0.2, 0.25) is 0 Å². The van der Waals surface area contributed by atoms with E-state index in [1.165, 1.54) is 0 Å². The molecule has 18 heavy (non-hydrogen) atoms. The summed E-state index contributed by atoms with van der Waals surface area (Å²) >= 11 is 0. The first-order valence-electron chi connectivity index (χ1n) is 6.54. The Kier molecular flexibility index (Phi) is 3.52. The summed E-state index contributed by atoms with van der Waals surface area (Å²) < 4.78 is 5.86. The van der Waals surface area contributed by atoms with E-state index < -0.39 is 0 Å². The molecular weight excluding hydrogens is 228 g/mol. The average Bonchev–Trinajstić information content (AvgIpc) is 2.82. The lowest BCUT2D eigenvalue weighted by Gasteiger charge is -2.22. The van der Waals surface area contributed by atoms with Crippen LogP contribution in [0.1, 0.15) is 18.7 Å². The van der Waals surface area contributed by atoms with Gasteiger partial charge in [0.2, 0.25) is 0 Å². The van der Waals surface area contributed by atoms with Gasteiger partial charge in [0.15, 0.2) is 5.65 Å². The predicted octanol–water partition coefficient (Wildman–Crippen LogP) is 1.27. The maximum atomic E-state index is 5.86. The van der Waals surface area contributed by atoms with Crippen molar-refractivity contribution < 1.29 is 4.74 Å². The van der Waals surface area contributed by atoms with E-state index in [9.17, 15) is 0 Å². The summed E-state index contributed by atoms with van der Waals surface area (Å²) in [5.41, 5.74) is 1.78. The van der Waals surface area contributed by atoms with Gasteiger partial charge in [-0.3, -0.25) is 0 Å². The lowest BCUT2D eigenvalue weighted by molar-refractivity contribution is 0.0343. The highest BCUT2D eigenvalue weighted by molar-refractivity contribution is 5.69. The molecule has 5 nitrogen and oxygen atoms in total. The van der Waals surface area contributed by atoms with Crippen molar-refractivity contribution in [3.05, 3.63) is 24.2 Å². The summed E-state index contributed by atoms with van der Waals surface area (Å²) in [4.78, 5) is 11.9. The van der Waals surface area contributed by atoms with Gasteiger partial charge in [0, 0.05) is 12.6 Å². The number of nitrogens with one attached hydrogen (secondary N) is 2. The number of aromatic nitrogens is 3. The molecule has 0 radical (unpaired) electrons. The van der Waals surface area contributed by atoms with Crippen molar-refractivity contribution in [2.75, 3.05) is 19.7 Å². The van der Waals surface area contributed by atoms with Gasteiger partial charge in [-0.05, 0) is 38.1 Å². The van der Waals surface area contributed by atoms with Crippen LogP contribution >= 0.6 is 0 Å². The van der Waals surface area contributed by atoms with Crippen molar-refractivity contribution in [2.24, 2.45) is 0 Å². The zero-order valence-corrected chi connectivity index (χ0v) is 10.4. The second-order valence-electron chi connectivity index (χ2n) is 4.63. The molecule has 2 N–H and O–H groups in total. The molecular formula is C13H18N4O. The Morgan fingerprint density at radius 1 is 1.33 bits per heavy atom. The van der Waals surface area contributed by atoms with E-state index in [2.05, 4.69) is 20.3 Å². The number of piperidine rings is 1. The standard InChI is InChI=1S/C13H18N4O/c1-2-11-13(15-6-1)17-12(16-11)5-9-18-10-3-7-14-8-4-10/h1-2,6,10,14H,3-5,7-9H2,(H,15,16,17). The summed E-state index contributed by atoms with van der Waals surface area (Å²) in [6, 6.07) is 3.91. The van der Waals surface area contributed by atoms with Crippen LogP contribution < -0.4 is 5.32 Å². The van der Waals surface area contributed by atoms with Crippen LogP contribution in [0.5, 0.6) is 0 Å². The van der Waals surface area contributed by atoms with E-state index in [0.717, 1.165) is 55.9 Å². The SMILES string of the molecule is c1cnc2nc(CCOC3CCNCC3)[nH]c2c1. The topological polar surface area (TPSA) is 62.8 Å². The van der Waals surface area contributed by atoms with Crippen molar-refractivity contribution in [1.82, 2.24) is 20.3 Å². The molecule has 0 saturated carbocycles. The minimum atomic E-state index is 0.411. The van der Waals surface area contributed by atoms with Crippen molar-refractivity contribution in [1.29, 1.82) is 0 Å². The van der Waals surface area contributed by atoms with E-state index in [1.54, 1.807) is 6.20 Å². The fraction of sp³-hybridized carbons (Fsp3) is 0.538. The molecule has 3 heterocycles. The maximum absolute atomic E-state index is 5.86. The number of hydrogen-bond acceptors (Lipinski definition) is 4. The Labute approximate surface area is 106 Å². The van der Waals surface area contributed by atoms with E-state index in [4.69, 9.17) is 4.74 Å². The summed E-state index contributed by atoms with van der Waals surface area (Å²) in [5, 5.41) is 3.33. The third-order valence-corrected chi connectivity index (χ3v) is 3.29. The number of fused-ring (bicyclic) bond motifs is 1. The van der Waals surface area contributed by atoms with E-state index in [1.807, 2.05) is 12.1 Å². The zero-order chi connectivity index (χ0) is 12.2. The number of ether oxygens (including phenoxy) is 1. The summed E-state index contributed by atoms with van der Waals surface area (Å²) in [6.45, 7) is 2.86. The predicted molar refractivity (Wildman–Crippen MR) is 69.4 cm³/mol. The fourth-order valence-electron chi connectivity index (χ4n) is 2.30. The third-order valence-electron chi connectivity index (χ3n) is 3.29. The average molecular weight is 246 g/mol. The van der Waals surface area contributed by atoms with Crippen molar-refractivity contribution in [3.63, 3.8) is 0 Å². The first-order valence-corrected chi connectivity index (χ1v) is 6.54. The van der Waals surface area contributed by atoms with Gasteiger partial charge >= 0.3 is 0 Å². The number of nitrogens with zero attached hydrogens (tertiary/aromatic N) is 2. The molecule has 0 spiro atoms. The molecule has 0 aliphatic carbocycles. The second-order valence-corrected chi connectivity index (χ2v) is 4.63. The first kappa shape index (κ1) is 11.6. The molecule has 2 aromatic rings. The Morgan fingerprint density at radius 2 is 2.22 bits per heavy atom. The minimum Gasteiger partial charge on any atom is -0.378 e. The van der Waals surface area contributed by atoms with Gasteiger partial charge in [-0.2, -0.15) is 0 Å². The van der Waals surface area contributed by atoms with E-state index in [0.29, 0.717) is 6.10 Å². The Hall–Kier alpha value is -1.46. The molecule has 96 valence electrons. The van der Waals surface area contributed by atoms with Gasteiger partial charge in [0.25, 0.3) is 0 Å². The lowest BCUT2D eigenvalue weighted by Crippen LogP contribution is -2.32. The van der Waals surface area contributed by atoms with Crippen LogP contribution in [0.25, 0.3) is 11.2 Å². The largest absolute Gasteiger partial charge is 0.378 e. The Bertz CT molecular complexity index is 471. The molecule has 0 aromatic carbocycles. The highest BCUT2D eigenvalue weighted by atomic mass is 16.5. The summed E-state index contributed by atoms with van der Waals surface area (Å²) in [7, 11) is 0. The van der Waals surface area contributed by atoms with Gasteiger partial charge in [-0.25, -0.2) is 9.97 Å². The van der Waals surface area contributed by atoms with Crippen LogP contribution in [0.4, 0.5) is 0 Å². The summed E-state index contributed by atoms with van der Waals surface area (Å²) in [5.74, 6) is 0.956. The normalized spacial score (nSPS) is 17.3. The Morgan fingerprint density at radius 3 is 3.06 bits per heavy atom. The van der Waals surface area contributed by atoms with Crippen LogP contribution in [-0.2, 0) is 11.2 Å². The number of H-pyrrole nitrogens is 1. The van der Waals surface area contributed by atoms with Gasteiger partial charge in [0.1, 0.15) is 5.82 Å². The van der Waals surface area contributed by atoms with Crippen molar-refractivity contribution in [3.8, 4) is 0 Å². The molecule has 1 fully saturated rings. The maximum Gasteiger partial charge on any atom is 0.177 e. The molecule has 1 aliphatic rings. The lowest BCUT2D eigenvalue weighted by atomic mass is 10.1. The molecule has 2 aromatic heterocycles. The smallest absolute Gasteiger partial charge is 0.177 e. The van der Waals surface area contributed by atoms with E-state index in [-0.39, 0.29) is 0 Å². The van der Waals surface area contributed by atoms with Crippen LogP contribution in [0.15, 0.2) is 18.3 Å². The van der Waals surface area contributed by atoms with Crippen molar-refractivity contribution in [2.45, 2.75) is 25.4 Å². The molecule has 1 saturated heterocycles. The molecule has 5 heteroatoms. The molecule has 0 unspecified atom stereocenters. The summed E-state index contributed by atoms with van der Waals surface area (Å²) in [6.07, 6.45) is 5.22. The highest BCUT2D eigenvalue weighted by Gasteiger charge is 2.13. The van der Waals surface area contributed by atoms with Gasteiger partial charge in [-0.15, -0.1) is 0 Å². The van der Waals surface area contributed by atoms with Crippen LogP contribution in [0.3, 0.4) is 0 Å². The number of imidazole rings is 1. The molecule has 1 aliphatic heterocycles. The first-order chi connectivity index (χ1) is 8.92.